The summed E-state index contributed by atoms with van der Waals surface area (Å²) < 4.78 is 40.5. The Morgan fingerprint density at radius 3 is 2.56 bits per heavy atom. The Morgan fingerprint density at radius 1 is 1.16 bits per heavy atom. The van der Waals surface area contributed by atoms with Gasteiger partial charge in [-0.1, -0.05) is 18.2 Å². The summed E-state index contributed by atoms with van der Waals surface area (Å²) in [6.45, 7) is 0. The molecular weight excluding hydrogens is 339 g/mol. The van der Waals surface area contributed by atoms with E-state index < -0.39 is 29.4 Å². The Bertz CT molecular complexity index is 975. The molecule has 0 aliphatic rings. The number of hydrogen-bond donors (Lipinski definition) is 2. The van der Waals surface area contributed by atoms with Gasteiger partial charge in [0.05, 0.1) is 16.8 Å². The van der Waals surface area contributed by atoms with Gasteiger partial charge in [-0.2, -0.15) is 18.3 Å². The summed E-state index contributed by atoms with van der Waals surface area (Å²) >= 11 is 0. The fourth-order valence-corrected chi connectivity index (χ4v) is 2.33. The van der Waals surface area contributed by atoms with Crippen LogP contribution in [-0.2, 0) is 6.18 Å². The third-order valence-electron chi connectivity index (χ3n) is 3.34. The van der Waals surface area contributed by atoms with E-state index in [1.807, 2.05) is 0 Å². The van der Waals surface area contributed by atoms with Crippen molar-refractivity contribution in [1.82, 2.24) is 20.1 Å². The number of pyridine rings is 1. The van der Waals surface area contributed by atoms with Crippen molar-refractivity contribution in [1.29, 1.82) is 0 Å². The molecule has 3 N–H and O–H groups in total. The molecule has 0 aliphatic heterocycles. The van der Waals surface area contributed by atoms with E-state index in [9.17, 15) is 22.8 Å². The second-order valence-corrected chi connectivity index (χ2v) is 5.00. The molecule has 0 saturated heterocycles. The van der Waals surface area contributed by atoms with E-state index in [0.717, 1.165) is 10.9 Å². The minimum atomic E-state index is -4.89. The number of primary amides is 1. The zero-order valence-electron chi connectivity index (χ0n) is 12.4. The number of amides is 3. The molecule has 128 valence electrons. The summed E-state index contributed by atoms with van der Waals surface area (Å²) in [4.78, 5) is 26.7. The molecule has 10 heteroatoms. The molecule has 0 atom stereocenters. The van der Waals surface area contributed by atoms with E-state index >= 15 is 0 Å². The molecule has 3 amide bonds. The number of halogens is 3. The van der Waals surface area contributed by atoms with Gasteiger partial charge in [0, 0.05) is 17.8 Å². The average molecular weight is 349 g/mol. The van der Waals surface area contributed by atoms with Crippen molar-refractivity contribution < 1.29 is 22.8 Å². The number of rotatable bonds is 2. The Hall–Kier alpha value is -3.43. The zero-order chi connectivity index (χ0) is 18.2. The van der Waals surface area contributed by atoms with Crippen LogP contribution in [0, 0.1) is 0 Å². The van der Waals surface area contributed by atoms with Crippen LogP contribution in [0.2, 0.25) is 0 Å². The molecule has 0 fully saturated rings. The highest BCUT2D eigenvalue weighted by molar-refractivity contribution is 6.04. The molecule has 0 spiro atoms. The maximum Gasteiger partial charge on any atom is 0.435 e. The molecule has 0 saturated carbocycles. The van der Waals surface area contributed by atoms with E-state index in [2.05, 4.69) is 10.1 Å². The van der Waals surface area contributed by atoms with Crippen molar-refractivity contribution in [3.05, 3.63) is 54.0 Å². The highest BCUT2D eigenvalue weighted by Gasteiger charge is 2.39. The lowest BCUT2D eigenvalue weighted by Crippen LogP contribution is -2.35. The number of benzene rings is 1. The van der Waals surface area contributed by atoms with Gasteiger partial charge in [-0.25, -0.2) is 9.48 Å². The van der Waals surface area contributed by atoms with Gasteiger partial charge in [-0.15, -0.1) is 0 Å². The third-order valence-corrected chi connectivity index (χ3v) is 3.34. The molecule has 7 nitrogen and oxygen atoms in total. The van der Waals surface area contributed by atoms with Crippen molar-refractivity contribution in [2.45, 2.75) is 6.18 Å². The molecule has 0 unspecified atom stereocenters. The fourth-order valence-electron chi connectivity index (χ4n) is 2.33. The minimum absolute atomic E-state index is 0.300. The van der Waals surface area contributed by atoms with E-state index in [1.54, 1.807) is 29.6 Å². The number of carbonyl (C=O) groups excluding carboxylic acids is 2. The van der Waals surface area contributed by atoms with Crippen LogP contribution in [0.25, 0.3) is 16.6 Å². The number of urea groups is 1. The van der Waals surface area contributed by atoms with Gasteiger partial charge in [0.15, 0.2) is 5.69 Å². The Kier molecular flexibility index (Phi) is 3.87. The molecule has 3 rings (SSSR count). The number of para-hydroxylation sites is 1. The zero-order valence-corrected chi connectivity index (χ0v) is 12.4. The predicted octanol–water partition coefficient (Wildman–Crippen LogP) is 2.25. The lowest BCUT2D eigenvalue weighted by atomic mass is 10.2. The van der Waals surface area contributed by atoms with Gasteiger partial charge >= 0.3 is 12.2 Å². The predicted molar refractivity (Wildman–Crippen MR) is 80.9 cm³/mol. The number of nitrogens with one attached hydrogen (secondary N) is 1. The Morgan fingerprint density at radius 2 is 1.88 bits per heavy atom. The second kappa shape index (κ2) is 5.89. The maximum atomic E-state index is 13.2. The highest BCUT2D eigenvalue weighted by atomic mass is 19.4. The van der Waals surface area contributed by atoms with E-state index in [1.165, 1.54) is 12.3 Å². The smallest absolute Gasteiger partial charge is 0.351 e. The number of hydrogen-bond acceptors (Lipinski definition) is 4. The first-order valence-corrected chi connectivity index (χ1v) is 6.89. The molecular formula is C15H10F3N5O2. The third kappa shape index (κ3) is 3.13. The summed E-state index contributed by atoms with van der Waals surface area (Å²) in [6, 6.07) is 6.98. The van der Waals surface area contributed by atoms with E-state index in [4.69, 9.17) is 5.73 Å². The van der Waals surface area contributed by atoms with Crippen LogP contribution in [0.1, 0.15) is 16.1 Å². The summed E-state index contributed by atoms with van der Waals surface area (Å²) in [5.41, 5.74) is 3.41. The number of aromatic nitrogens is 3. The summed E-state index contributed by atoms with van der Waals surface area (Å²) in [5.74, 6) is -1.29. The van der Waals surface area contributed by atoms with Gasteiger partial charge in [-0.3, -0.25) is 15.1 Å². The number of fused-ring (bicyclic) bond motifs is 1. The molecule has 1 aromatic carbocycles. The Balaban J connectivity index is 2.19. The average Bonchev–Trinajstić information content (AvgIpc) is 2.99. The van der Waals surface area contributed by atoms with Crippen LogP contribution in [-0.4, -0.2) is 26.7 Å². The first-order chi connectivity index (χ1) is 11.8. The van der Waals surface area contributed by atoms with Crippen LogP contribution in [0.15, 0.2) is 42.7 Å². The number of carbonyl (C=O) groups is 2. The van der Waals surface area contributed by atoms with Gasteiger partial charge < -0.3 is 5.73 Å². The van der Waals surface area contributed by atoms with Crippen molar-refractivity contribution in [2.24, 2.45) is 5.73 Å². The lowest BCUT2D eigenvalue weighted by Gasteiger charge is -2.06. The van der Waals surface area contributed by atoms with Crippen LogP contribution < -0.4 is 11.1 Å². The maximum absolute atomic E-state index is 13.2. The number of alkyl halides is 3. The van der Waals surface area contributed by atoms with E-state index in [0.29, 0.717) is 16.6 Å². The first-order valence-electron chi connectivity index (χ1n) is 6.89. The summed E-state index contributed by atoms with van der Waals surface area (Å²) in [6.07, 6.45) is -2.59. The molecule has 3 aromatic rings. The Labute approximate surface area is 138 Å². The molecule has 0 bridgehead atoms. The highest BCUT2D eigenvalue weighted by Crippen LogP contribution is 2.32. The second-order valence-electron chi connectivity index (χ2n) is 5.00. The lowest BCUT2D eigenvalue weighted by molar-refractivity contribution is -0.141. The van der Waals surface area contributed by atoms with E-state index in [-0.39, 0.29) is 0 Å². The standard InChI is InChI=1S/C15H10F3N5O2/c16-15(17,18)12-9(13(24)21-14(19)25)7-23(22-12)11-5-6-20-10-4-2-1-3-8(10)11/h1-7H,(H3,19,21,24,25). The van der Waals surface area contributed by atoms with Crippen molar-refractivity contribution in [3.63, 3.8) is 0 Å². The largest absolute Gasteiger partial charge is 0.435 e. The molecule has 2 aromatic heterocycles. The molecule has 25 heavy (non-hydrogen) atoms. The monoisotopic (exact) mass is 349 g/mol. The topological polar surface area (TPSA) is 103 Å². The van der Waals surface area contributed by atoms with Crippen LogP contribution in [0.3, 0.4) is 0 Å². The van der Waals surface area contributed by atoms with Gasteiger partial charge in [0.1, 0.15) is 0 Å². The van der Waals surface area contributed by atoms with Crippen LogP contribution in [0.5, 0.6) is 0 Å². The summed E-state index contributed by atoms with van der Waals surface area (Å²) in [7, 11) is 0. The van der Waals surface area contributed by atoms with Gasteiger partial charge in [-0.05, 0) is 12.1 Å². The number of imide groups is 1. The molecule has 2 heterocycles. The van der Waals surface area contributed by atoms with Crippen LogP contribution in [0.4, 0.5) is 18.0 Å². The van der Waals surface area contributed by atoms with Crippen molar-refractivity contribution in [3.8, 4) is 5.69 Å². The molecule has 0 radical (unpaired) electrons. The van der Waals surface area contributed by atoms with Gasteiger partial charge in [0.2, 0.25) is 0 Å². The summed E-state index contributed by atoms with van der Waals surface area (Å²) in [5, 5.41) is 5.63. The van der Waals surface area contributed by atoms with Crippen molar-refractivity contribution in [2.75, 3.05) is 0 Å². The molecule has 0 aliphatic carbocycles. The SMILES string of the molecule is NC(=O)NC(=O)c1cn(-c2ccnc3ccccc23)nc1C(F)(F)F. The number of nitrogens with two attached hydrogens (primary N) is 1. The first kappa shape index (κ1) is 16.4. The minimum Gasteiger partial charge on any atom is -0.351 e. The normalized spacial score (nSPS) is 11.5. The van der Waals surface area contributed by atoms with Crippen molar-refractivity contribution >= 4 is 22.8 Å². The fraction of sp³-hybridized carbons (Fsp3) is 0.0667. The van der Waals surface area contributed by atoms with Crippen LogP contribution >= 0.6 is 0 Å². The number of nitrogens with zero attached hydrogens (tertiary/aromatic N) is 3. The van der Waals surface area contributed by atoms with Gasteiger partial charge in [0.25, 0.3) is 5.91 Å². The quantitative estimate of drug-likeness (QED) is 0.740.